The first-order valence-electron chi connectivity index (χ1n) is 10.4. The zero-order valence-corrected chi connectivity index (χ0v) is 18.2. The Balaban J connectivity index is 1.59. The Bertz CT molecular complexity index is 1590. The number of pyridine rings is 2. The van der Waals surface area contributed by atoms with Crippen LogP contribution in [0.25, 0.3) is 22.4 Å². The van der Waals surface area contributed by atoms with Crippen molar-refractivity contribution in [1.29, 1.82) is 0 Å². The minimum atomic E-state index is -4.65. The normalized spacial score (nSPS) is 11.9. The highest BCUT2D eigenvalue weighted by molar-refractivity contribution is 5.84. The number of ether oxygens (including phenoxy) is 1. The maximum absolute atomic E-state index is 14.0. The summed E-state index contributed by atoms with van der Waals surface area (Å²) >= 11 is 0. The van der Waals surface area contributed by atoms with Crippen LogP contribution in [0.1, 0.15) is 22.5 Å². The second-order valence-electron chi connectivity index (χ2n) is 7.84. The maximum Gasteiger partial charge on any atom is 0.417 e. The molecule has 7 nitrogen and oxygen atoms in total. The van der Waals surface area contributed by atoms with E-state index in [1.165, 1.54) is 22.1 Å². The summed E-state index contributed by atoms with van der Waals surface area (Å²) in [5.41, 5.74) is 1.26. The van der Waals surface area contributed by atoms with Crippen molar-refractivity contribution in [3.8, 4) is 11.6 Å². The summed E-state index contributed by atoms with van der Waals surface area (Å²) in [7, 11) is 0. The van der Waals surface area contributed by atoms with Gasteiger partial charge in [-0.1, -0.05) is 23.8 Å². The Kier molecular flexibility index (Phi) is 5.07. The van der Waals surface area contributed by atoms with Crippen molar-refractivity contribution >= 4 is 16.7 Å². The number of rotatable bonds is 4. The number of hydrogen-bond acceptors (Lipinski definition) is 5. The average molecular weight is 465 g/mol. The van der Waals surface area contributed by atoms with E-state index >= 15 is 0 Å². The van der Waals surface area contributed by atoms with Crippen LogP contribution >= 0.6 is 0 Å². The van der Waals surface area contributed by atoms with Crippen LogP contribution in [-0.4, -0.2) is 24.1 Å². The zero-order valence-electron chi connectivity index (χ0n) is 18.2. The highest BCUT2D eigenvalue weighted by Crippen LogP contribution is 2.38. The van der Waals surface area contributed by atoms with Crippen molar-refractivity contribution in [2.24, 2.45) is 0 Å². The first-order chi connectivity index (χ1) is 16.2. The van der Waals surface area contributed by atoms with Crippen molar-refractivity contribution in [1.82, 2.24) is 24.1 Å². The molecule has 0 atom stereocenters. The molecule has 5 rings (SSSR count). The summed E-state index contributed by atoms with van der Waals surface area (Å²) in [4.78, 5) is 21.0. The van der Waals surface area contributed by atoms with Gasteiger partial charge < -0.3 is 4.74 Å². The SMILES string of the molecule is Cc1ccc(-n2nc(C)c3c(C(F)(F)F)cc(OCc4cc(=O)n5ccccc5n4)nc32)cc1. The molecular formula is C24H18F3N5O2. The molecule has 0 amide bonds. The van der Waals surface area contributed by atoms with Gasteiger partial charge in [-0.05, 0) is 38.1 Å². The highest BCUT2D eigenvalue weighted by atomic mass is 19.4. The fourth-order valence-corrected chi connectivity index (χ4v) is 3.75. The molecule has 0 unspecified atom stereocenters. The van der Waals surface area contributed by atoms with Crippen LogP contribution in [0.4, 0.5) is 13.2 Å². The number of hydrogen-bond donors (Lipinski definition) is 0. The lowest BCUT2D eigenvalue weighted by Crippen LogP contribution is -2.16. The van der Waals surface area contributed by atoms with E-state index in [9.17, 15) is 18.0 Å². The molecule has 10 heteroatoms. The number of nitrogens with zero attached hydrogens (tertiary/aromatic N) is 5. The molecule has 0 radical (unpaired) electrons. The van der Waals surface area contributed by atoms with E-state index < -0.39 is 11.7 Å². The number of alkyl halides is 3. The number of aromatic nitrogens is 5. The molecule has 0 spiro atoms. The zero-order chi connectivity index (χ0) is 24.0. The van der Waals surface area contributed by atoms with Gasteiger partial charge in [0.1, 0.15) is 12.3 Å². The minimum absolute atomic E-state index is 0.0257. The van der Waals surface area contributed by atoms with Gasteiger partial charge in [-0.2, -0.15) is 23.3 Å². The van der Waals surface area contributed by atoms with Gasteiger partial charge in [0.05, 0.1) is 28.0 Å². The van der Waals surface area contributed by atoms with E-state index in [1.54, 1.807) is 36.5 Å². The molecule has 0 bridgehead atoms. The molecule has 5 aromatic rings. The van der Waals surface area contributed by atoms with Gasteiger partial charge in [-0.15, -0.1) is 0 Å². The Hall–Kier alpha value is -4.21. The molecule has 4 heterocycles. The van der Waals surface area contributed by atoms with Gasteiger partial charge >= 0.3 is 6.18 Å². The largest absolute Gasteiger partial charge is 0.471 e. The summed E-state index contributed by atoms with van der Waals surface area (Å²) in [6.07, 6.45) is -3.07. The standard InChI is InChI=1S/C24H18F3N5O2/c1-14-6-8-17(9-7-14)32-23-22(15(2)30-32)18(24(25,26)27)12-20(29-23)34-13-16-11-21(33)31-10-4-3-5-19(31)28-16/h3-12H,13H2,1-2H3. The first-order valence-corrected chi connectivity index (χ1v) is 10.4. The lowest BCUT2D eigenvalue weighted by molar-refractivity contribution is -0.136. The number of halogens is 3. The summed E-state index contributed by atoms with van der Waals surface area (Å²) in [6.45, 7) is 3.19. The summed E-state index contributed by atoms with van der Waals surface area (Å²) in [5, 5.41) is 4.22. The number of benzene rings is 1. The predicted molar refractivity (Wildman–Crippen MR) is 119 cm³/mol. The van der Waals surface area contributed by atoms with E-state index in [0.717, 1.165) is 11.6 Å². The second kappa shape index (κ2) is 7.98. The lowest BCUT2D eigenvalue weighted by atomic mass is 10.1. The molecular weight excluding hydrogens is 447 g/mol. The first kappa shape index (κ1) is 21.6. The van der Waals surface area contributed by atoms with Crippen molar-refractivity contribution in [3.05, 3.63) is 93.7 Å². The Morgan fingerprint density at radius 2 is 1.76 bits per heavy atom. The van der Waals surface area contributed by atoms with E-state index in [2.05, 4.69) is 15.1 Å². The van der Waals surface area contributed by atoms with Crippen molar-refractivity contribution in [2.75, 3.05) is 0 Å². The molecule has 0 aliphatic carbocycles. The van der Waals surface area contributed by atoms with Crippen LogP contribution in [0.2, 0.25) is 0 Å². The molecule has 4 aromatic heterocycles. The summed E-state index contributed by atoms with van der Waals surface area (Å²) < 4.78 is 50.2. The van der Waals surface area contributed by atoms with Gasteiger partial charge in [0.15, 0.2) is 5.65 Å². The molecule has 1 aromatic carbocycles. The van der Waals surface area contributed by atoms with Gasteiger partial charge in [-0.25, -0.2) is 9.67 Å². The van der Waals surface area contributed by atoms with Gasteiger partial charge in [0.2, 0.25) is 5.88 Å². The van der Waals surface area contributed by atoms with Crippen LogP contribution < -0.4 is 10.3 Å². The van der Waals surface area contributed by atoms with E-state index in [1.807, 2.05) is 19.1 Å². The van der Waals surface area contributed by atoms with Crippen LogP contribution in [0.3, 0.4) is 0 Å². The van der Waals surface area contributed by atoms with Gasteiger partial charge in [0.25, 0.3) is 5.56 Å². The van der Waals surface area contributed by atoms with Crippen molar-refractivity contribution < 1.29 is 17.9 Å². The Morgan fingerprint density at radius 1 is 1.00 bits per heavy atom. The van der Waals surface area contributed by atoms with Crippen LogP contribution in [0.15, 0.2) is 65.6 Å². The lowest BCUT2D eigenvalue weighted by Gasteiger charge is -2.12. The van der Waals surface area contributed by atoms with E-state index in [-0.39, 0.29) is 40.5 Å². The summed E-state index contributed by atoms with van der Waals surface area (Å²) in [5.74, 6) is -0.247. The number of fused-ring (bicyclic) bond motifs is 2. The van der Waals surface area contributed by atoms with Crippen molar-refractivity contribution in [2.45, 2.75) is 26.6 Å². The molecule has 0 aliphatic rings. The van der Waals surface area contributed by atoms with E-state index in [4.69, 9.17) is 4.74 Å². The minimum Gasteiger partial charge on any atom is -0.471 e. The van der Waals surface area contributed by atoms with E-state index in [0.29, 0.717) is 11.3 Å². The Morgan fingerprint density at radius 3 is 2.50 bits per heavy atom. The average Bonchev–Trinajstić information content (AvgIpc) is 3.13. The van der Waals surface area contributed by atoms with Crippen LogP contribution in [0.5, 0.6) is 5.88 Å². The molecule has 0 N–H and O–H groups in total. The smallest absolute Gasteiger partial charge is 0.417 e. The third-order valence-electron chi connectivity index (χ3n) is 5.37. The predicted octanol–water partition coefficient (Wildman–Crippen LogP) is 4.64. The summed E-state index contributed by atoms with van der Waals surface area (Å²) in [6, 6.07) is 14.4. The fourth-order valence-electron chi connectivity index (χ4n) is 3.75. The molecule has 0 saturated carbocycles. The second-order valence-corrected chi connectivity index (χ2v) is 7.84. The molecule has 34 heavy (non-hydrogen) atoms. The highest BCUT2D eigenvalue weighted by Gasteiger charge is 2.36. The molecule has 172 valence electrons. The monoisotopic (exact) mass is 465 g/mol. The third kappa shape index (κ3) is 3.87. The third-order valence-corrected chi connectivity index (χ3v) is 5.37. The quantitative estimate of drug-likeness (QED) is 0.387. The topological polar surface area (TPSA) is 74.3 Å². The maximum atomic E-state index is 14.0. The fraction of sp³-hybridized carbons (Fsp3) is 0.167. The van der Waals surface area contributed by atoms with Crippen molar-refractivity contribution in [3.63, 3.8) is 0 Å². The van der Waals surface area contributed by atoms with Crippen LogP contribution in [-0.2, 0) is 12.8 Å². The number of aryl methyl sites for hydroxylation is 2. The molecule has 0 aliphatic heterocycles. The molecule has 0 saturated heterocycles. The van der Waals surface area contributed by atoms with Crippen LogP contribution in [0, 0.1) is 13.8 Å². The Labute approximate surface area is 191 Å². The van der Waals surface area contributed by atoms with Gasteiger partial charge in [0, 0.05) is 18.3 Å². The molecule has 0 fully saturated rings. The van der Waals surface area contributed by atoms with Gasteiger partial charge in [-0.3, -0.25) is 9.20 Å².